The summed E-state index contributed by atoms with van der Waals surface area (Å²) in [6, 6.07) is 6.02. The Balaban J connectivity index is 3.25. The maximum Gasteiger partial charge on any atom is 0.303 e. The van der Waals surface area contributed by atoms with Crippen molar-refractivity contribution in [2.45, 2.75) is 46.0 Å². The Labute approximate surface area is 177 Å². The van der Waals surface area contributed by atoms with Crippen LogP contribution in [-0.2, 0) is 42.9 Å². The van der Waals surface area contributed by atoms with Crippen LogP contribution in [-0.4, -0.2) is 54.7 Å². The van der Waals surface area contributed by atoms with E-state index in [1.54, 1.807) is 0 Å². The van der Waals surface area contributed by atoms with Crippen molar-refractivity contribution in [3.05, 3.63) is 29.3 Å². The van der Waals surface area contributed by atoms with Gasteiger partial charge in [-0.3, -0.25) is 24.0 Å². The minimum Gasteiger partial charge on any atom is -0.462 e. The van der Waals surface area contributed by atoms with Crippen LogP contribution in [0.15, 0.2) is 24.3 Å². The van der Waals surface area contributed by atoms with Gasteiger partial charge in [-0.15, -0.1) is 0 Å². The number of carbonyl (C=O) groups is 5. The molecule has 1 aromatic rings. The highest BCUT2D eigenvalue weighted by Crippen LogP contribution is 2.19. The first kappa shape index (κ1) is 24.9. The zero-order valence-electron chi connectivity index (χ0n) is 16.8. The largest absolute Gasteiger partial charge is 0.462 e. The monoisotopic (exact) mass is 443 g/mol. The van der Waals surface area contributed by atoms with Crippen LogP contribution in [0.2, 0.25) is 5.02 Å². The number of ether oxygens (including phenoxy) is 4. The summed E-state index contributed by atoms with van der Waals surface area (Å²) < 4.78 is 20.1. The van der Waals surface area contributed by atoms with Gasteiger partial charge in [0.05, 0.1) is 0 Å². The van der Waals surface area contributed by atoms with Crippen LogP contribution < -0.4 is 5.32 Å². The van der Waals surface area contributed by atoms with E-state index >= 15 is 0 Å². The Kier molecular flexibility index (Phi) is 9.76. The van der Waals surface area contributed by atoms with Crippen LogP contribution >= 0.6 is 11.6 Å². The lowest BCUT2D eigenvalue weighted by molar-refractivity contribution is -0.190. The van der Waals surface area contributed by atoms with Crippen molar-refractivity contribution in [2.24, 2.45) is 0 Å². The van der Waals surface area contributed by atoms with Crippen molar-refractivity contribution in [1.82, 2.24) is 0 Å². The normalized spacial score (nSPS) is 13.2. The van der Waals surface area contributed by atoms with Gasteiger partial charge in [0.2, 0.25) is 6.10 Å². The second kappa shape index (κ2) is 11.8. The quantitative estimate of drug-likeness (QED) is 0.446. The van der Waals surface area contributed by atoms with Crippen molar-refractivity contribution >= 4 is 47.1 Å². The molecule has 1 rings (SSSR count). The molecule has 0 aliphatic heterocycles. The molecule has 0 aliphatic carbocycles. The van der Waals surface area contributed by atoms with E-state index in [9.17, 15) is 24.0 Å². The molecule has 0 saturated heterocycles. The third-order valence-electron chi connectivity index (χ3n) is 3.40. The summed E-state index contributed by atoms with van der Waals surface area (Å²) >= 11 is 5.81. The molecule has 0 fully saturated rings. The minimum atomic E-state index is -1.72. The van der Waals surface area contributed by atoms with Crippen molar-refractivity contribution in [1.29, 1.82) is 0 Å². The smallest absolute Gasteiger partial charge is 0.303 e. The van der Waals surface area contributed by atoms with E-state index in [2.05, 4.69) is 5.32 Å². The number of carbonyl (C=O) groups excluding carboxylic acids is 5. The van der Waals surface area contributed by atoms with Crippen LogP contribution in [0.4, 0.5) is 5.69 Å². The van der Waals surface area contributed by atoms with E-state index in [-0.39, 0.29) is 0 Å². The first-order valence-electron chi connectivity index (χ1n) is 8.71. The number of nitrogens with one attached hydrogen (secondary N) is 1. The highest BCUT2D eigenvalue weighted by molar-refractivity contribution is 6.30. The molecule has 0 aromatic heterocycles. The summed E-state index contributed by atoms with van der Waals surface area (Å²) in [6.07, 6.45) is -4.74. The van der Waals surface area contributed by atoms with Gasteiger partial charge in [-0.25, -0.2) is 0 Å². The molecule has 10 nitrogen and oxygen atoms in total. The number of halogens is 1. The molecule has 0 bridgehead atoms. The fraction of sp³-hybridized carbons (Fsp3) is 0.421. The molecular formula is C19H22ClNO9. The number of esters is 4. The van der Waals surface area contributed by atoms with E-state index in [1.165, 1.54) is 24.3 Å². The Morgan fingerprint density at radius 1 is 0.833 bits per heavy atom. The Morgan fingerprint density at radius 2 is 1.37 bits per heavy atom. The number of hydrogen-bond donors (Lipinski definition) is 1. The topological polar surface area (TPSA) is 134 Å². The predicted octanol–water partition coefficient (Wildman–Crippen LogP) is 1.64. The summed E-state index contributed by atoms with van der Waals surface area (Å²) in [4.78, 5) is 58.7. The SMILES string of the molecule is CC(=O)OCC(OC(C)=O)C(OC(C)=O)C(OC(C)=O)C(=O)Nc1ccc(Cl)cc1. The lowest BCUT2D eigenvalue weighted by Gasteiger charge is -2.30. The second-order valence-corrected chi connectivity index (χ2v) is 6.49. The number of benzene rings is 1. The molecular weight excluding hydrogens is 422 g/mol. The van der Waals surface area contributed by atoms with Gasteiger partial charge in [0.25, 0.3) is 5.91 Å². The maximum atomic E-state index is 12.8. The molecule has 1 N–H and O–H groups in total. The minimum absolute atomic E-state index is 0.312. The second-order valence-electron chi connectivity index (χ2n) is 6.05. The Morgan fingerprint density at radius 3 is 1.83 bits per heavy atom. The molecule has 164 valence electrons. The van der Waals surface area contributed by atoms with Crippen LogP contribution in [0.1, 0.15) is 27.7 Å². The number of amides is 1. The Bertz CT molecular complexity index is 794. The van der Waals surface area contributed by atoms with Gasteiger partial charge >= 0.3 is 23.9 Å². The number of hydrogen-bond acceptors (Lipinski definition) is 9. The molecule has 3 atom stereocenters. The van der Waals surface area contributed by atoms with Gasteiger partial charge in [-0.2, -0.15) is 0 Å². The summed E-state index contributed by atoms with van der Waals surface area (Å²) in [7, 11) is 0. The molecule has 30 heavy (non-hydrogen) atoms. The molecule has 0 spiro atoms. The van der Waals surface area contributed by atoms with Gasteiger partial charge < -0.3 is 24.3 Å². The predicted molar refractivity (Wildman–Crippen MR) is 103 cm³/mol. The average molecular weight is 444 g/mol. The summed E-state index contributed by atoms with van der Waals surface area (Å²) in [6.45, 7) is 3.73. The van der Waals surface area contributed by atoms with Crippen molar-refractivity contribution in [3.63, 3.8) is 0 Å². The van der Waals surface area contributed by atoms with Crippen LogP contribution in [0.25, 0.3) is 0 Å². The summed E-state index contributed by atoms with van der Waals surface area (Å²) in [5.74, 6) is -4.10. The molecule has 11 heteroatoms. The van der Waals surface area contributed by atoms with Crippen LogP contribution in [0.5, 0.6) is 0 Å². The molecule has 0 heterocycles. The molecule has 1 amide bonds. The highest BCUT2D eigenvalue weighted by Gasteiger charge is 2.42. The molecule has 1 aromatic carbocycles. The Hall–Kier alpha value is -3.14. The number of rotatable bonds is 9. The zero-order chi connectivity index (χ0) is 22.8. The van der Waals surface area contributed by atoms with E-state index < -0.39 is 54.7 Å². The van der Waals surface area contributed by atoms with Crippen LogP contribution in [0, 0.1) is 0 Å². The lowest BCUT2D eigenvalue weighted by Crippen LogP contribution is -2.52. The molecule has 0 saturated carbocycles. The number of anilines is 1. The van der Waals surface area contributed by atoms with Crippen molar-refractivity contribution in [2.75, 3.05) is 11.9 Å². The maximum absolute atomic E-state index is 12.8. The van der Waals surface area contributed by atoms with E-state index in [1.807, 2.05) is 0 Å². The fourth-order valence-corrected chi connectivity index (χ4v) is 2.45. The fourth-order valence-electron chi connectivity index (χ4n) is 2.33. The first-order valence-corrected chi connectivity index (χ1v) is 9.08. The van der Waals surface area contributed by atoms with E-state index in [4.69, 9.17) is 30.5 Å². The van der Waals surface area contributed by atoms with Crippen LogP contribution in [0.3, 0.4) is 0 Å². The van der Waals surface area contributed by atoms with Gasteiger partial charge in [-0.05, 0) is 24.3 Å². The van der Waals surface area contributed by atoms with Crippen molar-refractivity contribution < 1.29 is 42.9 Å². The van der Waals surface area contributed by atoms with Crippen molar-refractivity contribution in [3.8, 4) is 0 Å². The summed E-state index contributed by atoms with van der Waals surface area (Å²) in [5.41, 5.74) is 0.312. The lowest BCUT2D eigenvalue weighted by atomic mass is 10.1. The standard InChI is InChI=1S/C19H22ClNO9/c1-10(22)27-9-16(28-11(2)23)17(29-12(3)24)18(30-13(4)25)19(26)21-15-7-5-14(20)6-8-15/h5-8,16-18H,9H2,1-4H3,(H,21,26). The third kappa shape index (κ3) is 8.91. The van der Waals surface area contributed by atoms with Gasteiger partial charge in [-0.1, -0.05) is 11.6 Å². The highest BCUT2D eigenvalue weighted by atomic mass is 35.5. The van der Waals surface area contributed by atoms with E-state index in [0.717, 1.165) is 27.7 Å². The first-order chi connectivity index (χ1) is 14.0. The molecule has 0 aliphatic rings. The third-order valence-corrected chi connectivity index (χ3v) is 3.65. The molecule has 3 unspecified atom stereocenters. The average Bonchev–Trinajstić information content (AvgIpc) is 2.62. The molecule has 0 radical (unpaired) electrons. The van der Waals surface area contributed by atoms with Gasteiger partial charge in [0.15, 0.2) is 12.2 Å². The van der Waals surface area contributed by atoms with E-state index in [0.29, 0.717) is 10.7 Å². The van der Waals surface area contributed by atoms with Gasteiger partial charge in [0, 0.05) is 38.4 Å². The van der Waals surface area contributed by atoms with Gasteiger partial charge in [0.1, 0.15) is 6.61 Å². The summed E-state index contributed by atoms with van der Waals surface area (Å²) in [5, 5.41) is 2.92. The zero-order valence-corrected chi connectivity index (χ0v) is 17.6.